The largest absolute Gasteiger partial charge is 0.378 e. The third-order valence-corrected chi connectivity index (χ3v) is 5.40. The molecule has 0 unspecified atom stereocenters. The zero-order valence-corrected chi connectivity index (χ0v) is 15.0. The van der Waals surface area contributed by atoms with E-state index in [1.165, 1.54) is 0 Å². The second kappa shape index (κ2) is 6.70. The van der Waals surface area contributed by atoms with Crippen LogP contribution >= 0.6 is 0 Å². The summed E-state index contributed by atoms with van der Waals surface area (Å²) < 4.78 is 5.45. The first-order chi connectivity index (χ1) is 13.3. The summed E-state index contributed by atoms with van der Waals surface area (Å²) in [4.78, 5) is 28.4. The van der Waals surface area contributed by atoms with Crippen LogP contribution in [0.2, 0.25) is 0 Å². The van der Waals surface area contributed by atoms with Crippen LogP contribution in [0.4, 0.5) is 27.8 Å². The van der Waals surface area contributed by atoms with E-state index in [-0.39, 0.29) is 12.1 Å². The van der Waals surface area contributed by atoms with Crippen molar-refractivity contribution >= 4 is 29.0 Å². The molecule has 3 aliphatic rings. The summed E-state index contributed by atoms with van der Waals surface area (Å²) in [5.74, 6) is 1.65. The van der Waals surface area contributed by atoms with E-state index in [9.17, 15) is 4.79 Å². The van der Waals surface area contributed by atoms with Gasteiger partial charge in [0.15, 0.2) is 5.82 Å². The molecule has 0 radical (unpaired) electrons. The Kier molecular flexibility index (Phi) is 4.05. The van der Waals surface area contributed by atoms with Gasteiger partial charge in [-0.15, -0.1) is 0 Å². The maximum absolute atomic E-state index is 13.1. The summed E-state index contributed by atoms with van der Waals surface area (Å²) in [6.45, 7) is 4.86. The number of carbonyl (C=O) groups is 1. The average Bonchev–Trinajstić information content (AvgIpc) is 3.13. The van der Waals surface area contributed by atoms with Gasteiger partial charge in [0.2, 0.25) is 0 Å². The molecule has 5 rings (SSSR count). The molecule has 2 amide bonds. The predicted molar refractivity (Wildman–Crippen MR) is 104 cm³/mol. The minimum atomic E-state index is -0.151. The van der Waals surface area contributed by atoms with Crippen molar-refractivity contribution in [3.05, 3.63) is 36.7 Å². The molecule has 1 atom stereocenters. The number of morpholine rings is 1. The Hall–Kier alpha value is -2.87. The lowest BCUT2D eigenvalue weighted by molar-refractivity contribution is 0.122. The molecule has 3 aliphatic heterocycles. The summed E-state index contributed by atoms with van der Waals surface area (Å²) in [6, 6.07) is 7.79. The monoisotopic (exact) mass is 366 g/mol. The lowest BCUT2D eigenvalue weighted by atomic mass is 10.2. The predicted octanol–water partition coefficient (Wildman–Crippen LogP) is 1.94. The third kappa shape index (κ3) is 2.95. The molecule has 8 nitrogen and oxygen atoms in total. The van der Waals surface area contributed by atoms with Gasteiger partial charge in [0.05, 0.1) is 36.8 Å². The molecule has 2 fully saturated rings. The summed E-state index contributed by atoms with van der Waals surface area (Å²) in [5.41, 5.74) is 1.72. The van der Waals surface area contributed by atoms with Crippen LogP contribution in [0.1, 0.15) is 6.42 Å². The SMILES string of the molecule is O=C(Nc1cccnc1)N1c2nc(N3CCOCC3)ccc2N2CC[C@H]1C2. The van der Waals surface area contributed by atoms with Crippen LogP contribution in [0.5, 0.6) is 0 Å². The Morgan fingerprint density at radius 3 is 2.85 bits per heavy atom. The molecule has 0 aliphatic carbocycles. The number of fused-ring (bicyclic) bond motifs is 4. The van der Waals surface area contributed by atoms with Crippen LogP contribution in [0.15, 0.2) is 36.7 Å². The van der Waals surface area contributed by atoms with Gasteiger partial charge < -0.3 is 19.9 Å². The number of pyridine rings is 2. The van der Waals surface area contributed by atoms with E-state index in [0.29, 0.717) is 18.9 Å². The number of amides is 2. The first-order valence-electron chi connectivity index (χ1n) is 9.38. The highest BCUT2D eigenvalue weighted by molar-refractivity contribution is 6.04. The Bertz CT molecular complexity index is 839. The molecule has 0 saturated carbocycles. The number of ether oxygens (including phenoxy) is 1. The smallest absolute Gasteiger partial charge is 0.327 e. The van der Waals surface area contributed by atoms with Crippen molar-refractivity contribution in [2.45, 2.75) is 12.5 Å². The van der Waals surface area contributed by atoms with Gasteiger partial charge in [-0.3, -0.25) is 9.88 Å². The van der Waals surface area contributed by atoms with Crippen molar-refractivity contribution in [1.82, 2.24) is 9.97 Å². The summed E-state index contributed by atoms with van der Waals surface area (Å²) >= 11 is 0. The number of anilines is 4. The lowest BCUT2D eigenvalue weighted by Crippen LogP contribution is -2.48. The molecule has 1 N–H and O–H groups in total. The fraction of sp³-hybridized carbons (Fsp3) is 0.421. The Labute approximate surface area is 157 Å². The fourth-order valence-corrected chi connectivity index (χ4v) is 4.05. The molecule has 27 heavy (non-hydrogen) atoms. The molecule has 0 aromatic carbocycles. The van der Waals surface area contributed by atoms with Crippen LogP contribution in [-0.4, -0.2) is 61.4 Å². The highest BCUT2D eigenvalue weighted by Crippen LogP contribution is 2.40. The van der Waals surface area contributed by atoms with Gasteiger partial charge in [-0.05, 0) is 30.7 Å². The van der Waals surface area contributed by atoms with Crippen molar-refractivity contribution in [2.75, 3.05) is 59.4 Å². The normalized spacial score (nSPS) is 21.2. The maximum Gasteiger partial charge on any atom is 0.327 e. The van der Waals surface area contributed by atoms with Gasteiger partial charge in [-0.25, -0.2) is 9.78 Å². The Morgan fingerprint density at radius 1 is 1.15 bits per heavy atom. The van der Waals surface area contributed by atoms with Crippen molar-refractivity contribution in [3.8, 4) is 0 Å². The van der Waals surface area contributed by atoms with Gasteiger partial charge in [0.1, 0.15) is 5.82 Å². The third-order valence-electron chi connectivity index (χ3n) is 5.40. The number of nitrogens with zero attached hydrogens (tertiary/aromatic N) is 5. The second-order valence-electron chi connectivity index (χ2n) is 7.04. The Morgan fingerprint density at radius 2 is 2.04 bits per heavy atom. The number of rotatable bonds is 2. The number of hydrogen-bond acceptors (Lipinski definition) is 6. The van der Waals surface area contributed by atoms with E-state index in [2.05, 4.69) is 32.2 Å². The number of hydrogen-bond donors (Lipinski definition) is 1. The molecule has 2 saturated heterocycles. The topological polar surface area (TPSA) is 73.8 Å². The van der Waals surface area contributed by atoms with Crippen LogP contribution < -0.4 is 20.0 Å². The molecule has 5 heterocycles. The van der Waals surface area contributed by atoms with Crippen molar-refractivity contribution in [3.63, 3.8) is 0 Å². The van der Waals surface area contributed by atoms with Crippen LogP contribution in [0, 0.1) is 0 Å². The highest BCUT2D eigenvalue weighted by Gasteiger charge is 2.40. The van der Waals surface area contributed by atoms with Crippen molar-refractivity contribution in [1.29, 1.82) is 0 Å². The zero-order valence-electron chi connectivity index (χ0n) is 15.0. The molecule has 2 aromatic rings. The highest BCUT2D eigenvalue weighted by atomic mass is 16.5. The van der Waals surface area contributed by atoms with E-state index in [4.69, 9.17) is 9.72 Å². The van der Waals surface area contributed by atoms with Crippen molar-refractivity contribution in [2.24, 2.45) is 0 Å². The summed E-state index contributed by atoms with van der Waals surface area (Å²) in [7, 11) is 0. The van der Waals surface area contributed by atoms with Gasteiger partial charge in [-0.1, -0.05) is 0 Å². The summed E-state index contributed by atoms with van der Waals surface area (Å²) in [6.07, 6.45) is 4.29. The van der Waals surface area contributed by atoms with Gasteiger partial charge >= 0.3 is 6.03 Å². The van der Waals surface area contributed by atoms with Crippen molar-refractivity contribution < 1.29 is 9.53 Å². The molecule has 8 heteroatoms. The molecule has 140 valence electrons. The minimum Gasteiger partial charge on any atom is -0.378 e. The van der Waals surface area contributed by atoms with E-state index >= 15 is 0 Å². The van der Waals surface area contributed by atoms with Crippen LogP contribution in [0.3, 0.4) is 0 Å². The van der Waals surface area contributed by atoms with Gasteiger partial charge in [0, 0.05) is 32.4 Å². The first kappa shape index (κ1) is 16.3. The van der Waals surface area contributed by atoms with Crippen LogP contribution in [0.25, 0.3) is 0 Å². The molecular formula is C19H22N6O2. The molecule has 2 aromatic heterocycles. The number of carbonyl (C=O) groups excluding carboxylic acids is 1. The quantitative estimate of drug-likeness (QED) is 0.876. The number of urea groups is 1. The molecular weight excluding hydrogens is 344 g/mol. The first-order valence-corrected chi connectivity index (χ1v) is 9.38. The van der Waals surface area contributed by atoms with Gasteiger partial charge in [0.25, 0.3) is 0 Å². The van der Waals surface area contributed by atoms with E-state index < -0.39 is 0 Å². The average molecular weight is 366 g/mol. The number of nitrogens with one attached hydrogen (secondary N) is 1. The minimum absolute atomic E-state index is 0.140. The van der Waals surface area contributed by atoms with Crippen LogP contribution in [-0.2, 0) is 4.74 Å². The van der Waals surface area contributed by atoms with E-state index in [0.717, 1.165) is 49.9 Å². The number of aromatic nitrogens is 2. The summed E-state index contributed by atoms with van der Waals surface area (Å²) in [5, 5.41) is 2.97. The standard InChI is InChI=1S/C19H22N6O2/c26-19(21-14-2-1-6-20-12-14)25-15-5-7-24(13-15)16-3-4-17(22-18(16)25)23-8-10-27-11-9-23/h1-4,6,12,15H,5,7-11,13H2,(H,21,26)/t15-/m0/s1. The fourth-order valence-electron chi connectivity index (χ4n) is 4.05. The Balaban J connectivity index is 1.48. The van der Waals surface area contributed by atoms with E-state index in [1.54, 1.807) is 12.4 Å². The zero-order chi connectivity index (χ0) is 18.2. The van der Waals surface area contributed by atoms with E-state index in [1.807, 2.05) is 17.0 Å². The second-order valence-corrected chi connectivity index (χ2v) is 7.04. The lowest BCUT2D eigenvalue weighted by Gasteiger charge is -2.37. The molecule has 0 spiro atoms. The van der Waals surface area contributed by atoms with Gasteiger partial charge in [-0.2, -0.15) is 0 Å². The maximum atomic E-state index is 13.1. The molecule has 2 bridgehead atoms.